The second kappa shape index (κ2) is 11.2. The van der Waals surface area contributed by atoms with Gasteiger partial charge in [0.05, 0.1) is 13.2 Å². The molecule has 0 radical (unpaired) electrons. The molecule has 0 atom stereocenters. The van der Waals surface area contributed by atoms with Crippen LogP contribution in [-0.4, -0.2) is 31.0 Å². The highest BCUT2D eigenvalue weighted by atomic mass is 16.5. The van der Waals surface area contributed by atoms with E-state index in [1.807, 2.05) is 43.3 Å². The van der Waals surface area contributed by atoms with Crippen LogP contribution in [0.4, 0.5) is 11.4 Å². The molecular weight excluding hydrogens is 378 g/mol. The second-order valence-electron chi connectivity index (χ2n) is 7.66. The molecule has 0 spiro atoms. The van der Waals surface area contributed by atoms with E-state index in [0.717, 1.165) is 30.7 Å². The van der Waals surface area contributed by atoms with Crippen molar-refractivity contribution >= 4 is 23.2 Å². The minimum Gasteiger partial charge on any atom is -0.494 e. The lowest BCUT2D eigenvalue weighted by molar-refractivity contribution is -0.114. The molecule has 0 aromatic heterocycles. The van der Waals surface area contributed by atoms with E-state index in [0.29, 0.717) is 23.9 Å². The minimum absolute atomic E-state index is 0.0311. The van der Waals surface area contributed by atoms with Crippen molar-refractivity contribution in [3.8, 4) is 5.75 Å². The largest absolute Gasteiger partial charge is 0.494 e. The Balaban J connectivity index is 1.45. The van der Waals surface area contributed by atoms with Gasteiger partial charge in [0.1, 0.15) is 5.75 Å². The number of anilines is 2. The van der Waals surface area contributed by atoms with Crippen LogP contribution in [0, 0.1) is 0 Å². The molecule has 2 aromatic carbocycles. The van der Waals surface area contributed by atoms with Gasteiger partial charge in [0.25, 0.3) is 5.91 Å². The molecule has 160 valence electrons. The van der Waals surface area contributed by atoms with E-state index >= 15 is 0 Å². The molecule has 3 N–H and O–H groups in total. The highest BCUT2D eigenvalue weighted by Crippen LogP contribution is 2.19. The molecule has 3 rings (SSSR count). The van der Waals surface area contributed by atoms with Crippen LogP contribution in [0.3, 0.4) is 0 Å². The molecule has 1 aliphatic carbocycles. The molecule has 0 heterocycles. The van der Waals surface area contributed by atoms with Gasteiger partial charge in [-0.25, -0.2) is 0 Å². The Bertz CT molecular complexity index is 830. The highest BCUT2D eigenvalue weighted by molar-refractivity contribution is 5.95. The van der Waals surface area contributed by atoms with Crippen LogP contribution in [0.25, 0.3) is 0 Å². The van der Waals surface area contributed by atoms with Gasteiger partial charge in [-0.3, -0.25) is 9.59 Å². The maximum Gasteiger partial charge on any atom is 0.251 e. The number of ether oxygens (including phenoxy) is 1. The van der Waals surface area contributed by atoms with E-state index in [2.05, 4.69) is 16.0 Å². The Hall–Kier alpha value is -3.02. The summed E-state index contributed by atoms with van der Waals surface area (Å²) in [5.74, 6) is 0.558. The Morgan fingerprint density at radius 3 is 2.50 bits per heavy atom. The summed E-state index contributed by atoms with van der Waals surface area (Å²) in [6, 6.07) is 14.9. The smallest absolute Gasteiger partial charge is 0.251 e. The second-order valence-corrected chi connectivity index (χ2v) is 7.66. The monoisotopic (exact) mass is 409 g/mol. The summed E-state index contributed by atoms with van der Waals surface area (Å²) < 4.78 is 5.59. The summed E-state index contributed by atoms with van der Waals surface area (Å²) in [5.41, 5.74) is 2.13. The van der Waals surface area contributed by atoms with Crippen molar-refractivity contribution in [3.63, 3.8) is 0 Å². The third-order valence-corrected chi connectivity index (χ3v) is 5.13. The fraction of sp³-hybridized carbons (Fsp3) is 0.417. The number of carbonyl (C=O) groups is 2. The summed E-state index contributed by atoms with van der Waals surface area (Å²) in [4.78, 5) is 24.6. The van der Waals surface area contributed by atoms with Crippen molar-refractivity contribution in [1.82, 2.24) is 5.32 Å². The van der Waals surface area contributed by atoms with Crippen molar-refractivity contribution < 1.29 is 14.3 Å². The number of benzene rings is 2. The van der Waals surface area contributed by atoms with Gasteiger partial charge < -0.3 is 20.7 Å². The zero-order valence-corrected chi connectivity index (χ0v) is 17.6. The summed E-state index contributed by atoms with van der Waals surface area (Å²) in [6.45, 7) is 2.83. The fourth-order valence-corrected chi connectivity index (χ4v) is 3.53. The highest BCUT2D eigenvalue weighted by Gasteiger charge is 2.16. The van der Waals surface area contributed by atoms with Gasteiger partial charge in [-0.05, 0) is 55.7 Å². The maximum atomic E-state index is 12.4. The van der Waals surface area contributed by atoms with Gasteiger partial charge in [-0.15, -0.1) is 0 Å². The van der Waals surface area contributed by atoms with Crippen molar-refractivity contribution in [1.29, 1.82) is 0 Å². The van der Waals surface area contributed by atoms with Gasteiger partial charge in [-0.1, -0.05) is 32.3 Å². The number of hydrogen-bond acceptors (Lipinski definition) is 4. The van der Waals surface area contributed by atoms with Crippen molar-refractivity contribution in [2.75, 3.05) is 23.8 Å². The van der Waals surface area contributed by atoms with Crippen molar-refractivity contribution in [3.05, 3.63) is 54.1 Å². The summed E-state index contributed by atoms with van der Waals surface area (Å²) in [7, 11) is 0. The van der Waals surface area contributed by atoms with E-state index in [9.17, 15) is 9.59 Å². The molecule has 6 nitrogen and oxygen atoms in total. The predicted molar refractivity (Wildman–Crippen MR) is 120 cm³/mol. The number of carbonyl (C=O) groups excluding carboxylic acids is 2. The van der Waals surface area contributed by atoms with Crippen LogP contribution in [-0.2, 0) is 4.79 Å². The summed E-state index contributed by atoms with van der Waals surface area (Å²) in [6.07, 6.45) is 6.69. The van der Waals surface area contributed by atoms with Gasteiger partial charge in [-0.2, -0.15) is 0 Å². The molecule has 2 amide bonds. The molecule has 0 bridgehead atoms. The predicted octanol–water partition coefficient (Wildman–Crippen LogP) is 4.59. The number of hydrogen-bond donors (Lipinski definition) is 3. The van der Waals surface area contributed by atoms with E-state index in [1.165, 1.54) is 19.3 Å². The molecule has 1 saturated carbocycles. The van der Waals surface area contributed by atoms with Crippen LogP contribution >= 0.6 is 0 Å². The average Bonchev–Trinajstić information content (AvgIpc) is 2.77. The Labute approximate surface area is 178 Å². The van der Waals surface area contributed by atoms with E-state index in [-0.39, 0.29) is 18.4 Å². The van der Waals surface area contributed by atoms with Crippen LogP contribution in [0.15, 0.2) is 48.5 Å². The maximum absolute atomic E-state index is 12.4. The standard InChI is InChI=1S/C24H31N3O3/c1-2-15-30-22-10-6-9-21(16-22)26-23(28)17-25-19-13-11-18(12-14-19)24(29)27-20-7-4-3-5-8-20/h6,9-14,16,20,25H,2-5,7-8,15,17H2,1H3,(H,26,28)(H,27,29). The summed E-state index contributed by atoms with van der Waals surface area (Å²) >= 11 is 0. The third-order valence-electron chi connectivity index (χ3n) is 5.13. The van der Waals surface area contributed by atoms with Crippen molar-refractivity contribution in [2.24, 2.45) is 0 Å². The van der Waals surface area contributed by atoms with Gasteiger partial charge in [0.15, 0.2) is 0 Å². The molecule has 1 aliphatic rings. The molecule has 2 aromatic rings. The Kier molecular flexibility index (Phi) is 8.12. The van der Waals surface area contributed by atoms with Gasteiger partial charge in [0.2, 0.25) is 5.91 Å². The normalized spacial score (nSPS) is 14.0. The molecule has 0 unspecified atom stereocenters. The molecule has 0 aliphatic heterocycles. The molecular formula is C24H31N3O3. The number of amides is 2. The average molecular weight is 410 g/mol. The fourth-order valence-electron chi connectivity index (χ4n) is 3.53. The molecule has 30 heavy (non-hydrogen) atoms. The summed E-state index contributed by atoms with van der Waals surface area (Å²) in [5, 5.41) is 9.06. The van der Waals surface area contributed by atoms with Crippen LogP contribution < -0.4 is 20.7 Å². The first-order chi connectivity index (χ1) is 14.6. The zero-order valence-electron chi connectivity index (χ0n) is 17.6. The molecule has 6 heteroatoms. The van der Waals surface area contributed by atoms with Crippen LogP contribution in [0.5, 0.6) is 5.75 Å². The minimum atomic E-state index is -0.151. The van der Waals surface area contributed by atoms with Gasteiger partial charge >= 0.3 is 0 Å². The van der Waals surface area contributed by atoms with Crippen LogP contribution in [0.1, 0.15) is 55.8 Å². The van der Waals surface area contributed by atoms with E-state index in [4.69, 9.17) is 4.74 Å². The lowest BCUT2D eigenvalue weighted by atomic mass is 9.95. The van der Waals surface area contributed by atoms with Gasteiger partial charge in [0, 0.05) is 29.0 Å². The quantitative estimate of drug-likeness (QED) is 0.566. The lowest BCUT2D eigenvalue weighted by Gasteiger charge is -2.22. The SMILES string of the molecule is CCCOc1cccc(NC(=O)CNc2ccc(C(=O)NC3CCCCC3)cc2)c1. The van der Waals surface area contributed by atoms with E-state index < -0.39 is 0 Å². The topological polar surface area (TPSA) is 79.5 Å². The lowest BCUT2D eigenvalue weighted by Crippen LogP contribution is -2.36. The molecule has 0 saturated heterocycles. The molecule has 1 fully saturated rings. The zero-order chi connectivity index (χ0) is 21.2. The first-order valence-electron chi connectivity index (χ1n) is 10.8. The third kappa shape index (κ3) is 6.79. The number of nitrogens with one attached hydrogen (secondary N) is 3. The van der Waals surface area contributed by atoms with Crippen molar-refractivity contribution in [2.45, 2.75) is 51.5 Å². The van der Waals surface area contributed by atoms with Crippen LogP contribution in [0.2, 0.25) is 0 Å². The Morgan fingerprint density at radius 1 is 1.00 bits per heavy atom. The first kappa shape index (κ1) is 21.7. The van der Waals surface area contributed by atoms with E-state index in [1.54, 1.807) is 12.1 Å². The first-order valence-corrected chi connectivity index (χ1v) is 10.8. The Morgan fingerprint density at radius 2 is 1.77 bits per heavy atom. The number of rotatable bonds is 9.